The first-order valence-electron chi connectivity index (χ1n) is 8.89. The van der Waals surface area contributed by atoms with Crippen molar-refractivity contribution in [1.29, 1.82) is 5.26 Å². The van der Waals surface area contributed by atoms with E-state index < -0.39 is 11.6 Å². The molecule has 0 aliphatic heterocycles. The molecular weight excluding hydrogens is 470 g/mol. The molecule has 0 amide bonds. The molecule has 166 valence electrons. The standard InChI is InChI=1S/C9H7ClFN3.C7H7ClFN.C5H7NO.Na.H/c10-7-5-6(1-2-8(7)11)14-4-3-9(12)13-14;8-6-3-5(4-10)1-2-7(6)9;1-2-7-5-3-4-6;;/h1-5H,(H2,12,13);1-3H,4,10H2;3,5H,2H2,1H3;;/q;;;+1;-1/b;;5-3+;;. The van der Waals surface area contributed by atoms with Gasteiger partial charge in [0.2, 0.25) is 0 Å². The third-order valence-electron chi connectivity index (χ3n) is 3.40. The minimum atomic E-state index is -0.449. The molecule has 0 atom stereocenters. The zero-order valence-electron chi connectivity index (χ0n) is 18.6. The summed E-state index contributed by atoms with van der Waals surface area (Å²) in [4.78, 5) is 0. The molecule has 3 aromatic rings. The molecule has 0 aliphatic rings. The molecule has 0 saturated carbocycles. The fourth-order valence-electron chi connectivity index (χ4n) is 1.95. The topological polar surface area (TPSA) is 103 Å². The molecule has 32 heavy (non-hydrogen) atoms. The second-order valence-corrected chi connectivity index (χ2v) is 6.44. The number of hydrogen-bond acceptors (Lipinski definition) is 5. The summed E-state index contributed by atoms with van der Waals surface area (Å²) in [6.45, 7) is 2.87. The number of nitrogens with two attached hydrogens (primary N) is 2. The van der Waals surface area contributed by atoms with Gasteiger partial charge in [-0.3, -0.25) is 0 Å². The van der Waals surface area contributed by atoms with Crippen LogP contribution in [0.2, 0.25) is 10.0 Å². The summed E-state index contributed by atoms with van der Waals surface area (Å²) in [5.74, 6) is -0.445. The van der Waals surface area contributed by atoms with E-state index in [1.54, 1.807) is 30.5 Å². The van der Waals surface area contributed by atoms with Gasteiger partial charge in [0.05, 0.1) is 40.7 Å². The maximum absolute atomic E-state index is 12.8. The van der Waals surface area contributed by atoms with Crippen LogP contribution < -0.4 is 41.0 Å². The second kappa shape index (κ2) is 16.5. The molecule has 11 heteroatoms. The number of anilines is 1. The Labute approximate surface area is 219 Å². The van der Waals surface area contributed by atoms with Crippen LogP contribution >= 0.6 is 23.2 Å². The number of ether oxygens (including phenoxy) is 1. The van der Waals surface area contributed by atoms with Gasteiger partial charge in [-0.15, -0.1) is 0 Å². The molecule has 1 aromatic heterocycles. The Morgan fingerprint density at radius 1 is 1.16 bits per heavy atom. The summed E-state index contributed by atoms with van der Waals surface area (Å²) in [7, 11) is 0. The van der Waals surface area contributed by atoms with Gasteiger partial charge in [0, 0.05) is 18.8 Å². The van der Waals surface area contributed by atoms with E-state index in [0.29, 0.717) is 24.7 Å². The van der Waals surface area contributed by atoms with Gasteiger partial charge in [0.25, 0.3) is 0 Å². The average Bonchev–Trinajstić information content (AvgIpc) is 3.20. The Balaban J connectivity index is 0. The molecule has 0 spiro atoms. The normalized spacial score (nSPS) is 9.53. The molecule has 0 aliphatic carbocycles. The molecule has 0 saturated heterocycles. The van der Waals surface area contributed by atoms with E-state index in [1.165, 1.54) is 41.3 Å². The van der Waals surface area contributed by atoms with Crippen molar-refractivity contribution < 1.29 is 44.5 Å². The maximum atomic E-state index is 12.8. The SMILES string of the molecule is CCO/C=C/C#N.NCc1ccc(F)c(Cl)c1.Nc1ccn(-c2ccc(F)c(Cl)c2)n1.[H-].[Na+]. The quantitative estimate of drug-likeness (QED) is 0.331. The third kappa shape index (κ3) is 11.0. The minimum absolute atomic E-state index is 0. The van der Waals surface area contributed by atoms with Gasteiger partial charge in [-0.25, -0.2) is 13.5 Å². The number of nitrogen functional groups attached to an aromatic ring is 1. The largest absolute Gasteiger partial charge is 1.00 e. The van der Waals surface area contributed by atoms with E-state index in [4.69, 9.17) is 39.9 Å². The number of nitrogens with zero attached hydrogens (tertiary/aromatic N) is 3. The summed E-state index contributed by atoms with van der Waals surface area (Å²) >= 11 is 11.1. The fourth-order valence-corrected chi connectivity index (χ4v) is 2.33. The van der Waals surface area contributed by atoms with Crippen LogP contribution in [0.25, 0.3) is 5.69 Å². The summed E-state index contributed by atoms with van der Waals surface area (Å²) in [5.41, 5.74) is 12.2. The van der Waals surface area contributed by atoms with Gasteiger partial charge in [-0.1, -0.05) is 29.3 Å². The monoisotopic (exact) mass is 491 g/mol. The molecule has 3 rings (SSSR count). The Bertz CT molecular complexity index is 1050. The van der Waals surface area contributed by atoms with Crippen molar-refractivity contribution in [3.63, 3.8) is 0 Å². The molecule has 0 fully saturated rings. The zero-order chi connectivity index (χ0) is 23.2. The average molecular weight is 492 g/mol. The summed E-state index contributed by atoms with van der Waals surface area (Å²) < 4.78 is 31.5. The fraction of sp³-hybridized carbons (Fsp3) is 0.143. The van der Waals surface area contributed by atoms with E-state index in [0.717, 1.165) is 5.56 Å². The Morgan fingerprint density at radius 3 is 2.25 bits per heavy atom. The maximum Gasteiger partial charge on any atom is 1.00 e. The van der Waals surface area contributed by atoms with Crippen molar-refractivity contribution in [3.8, 4) is 11.8 Å². The van der Waals surface area contributed by atoms with Gasteiger partial charge in [-0.05, 0) is 42.8 Å². The van der Waals surface area contributed by atoms with Crippen LogP contribution in [0, 0.1) is 23.0 Å². The van der Waals surface area contributed by atoms with Gasteiger partial charge >= 0.3 is 29.6 Å². The smallest absolute Gasteiger partial charge is 1.00 e. The van der Waals surface area contributed by atoms with Gasteiger partial charge < -0.3 is 17.6 Å². The summed E-state index contributed by atoms with van der Waals surface area (Å²) in [6.07, 6.45) is 4.35. The van der Waals surface area contributed by atoms with E-state index >= 15 is 0 Å². The molecular formula is C21H22Cl2F2N5NaO. The molecule has 4 N–H and O–H groups in total. The third-order valence-corrected chi connectivity index (χ3v) is 3.98. The van der Waals surface area contributed by atoms with E-state index in [-0.39, 0.29) is 41.0 Å². The summed E-state index contributed by atoms with van der Waals surface area (Å²) in [6, 6.07) is 12.2. The summed E-state index contributed by atoms with van der Waals surface area (Å²) in [5, 5.41) is 12.0. The van der Waals surface area contributed by atoms with Crippen molar-refractivity contribution in [2.24, 2.45) is 5.73 Å². The number of halogens is 4. The second-order valence-electron chi connectivity index (χ2n) is 5.62. The Morgan fingerprint density at radius 2 is 1.78 bits per heavy atom. The number of rotatable bonds is 4. The first-order valence-corrected chi connectivity index (χ1v) is 9.64. The van der Waals surface area contributed by atoms with Crippen molar-refractivity contribution in [1.82, 2.24) is 9.78 Å². The zero-order valence-corrected chi connectivity index (χ0v) is 21.1. The minimum Gasteiger partial charge on any atom is -1.00 e. The number of nitriles is 1. The van der Waals surface area contributed by atoms with Crippen molar-refractivity contribution in [2.75, 3.05) is 12.3 Å². The number of benzene rings is 2. The number of allylic oxidation sites excluding steroid dienone is 1. The number of hydrogen-bond donors (Lipinski definition) is 2. The molecule has 2 aromatic carbocycles. The van der Waals surface area contributed by atoms with Crippen LogP contribution in [-0.4, -0.2) is 16.4 Å². The van der Waals surface area contributed by atoms with Crippen molar-refractivity contribution in [2.45, 2.75) is 13.5 Å². The first kappa shape index (κ1) is 29.9. The van der Waals surface area contributed by atoms with Crippen LogP contribution in [0.3, 0.4) is 0 Å². The van der Waals surface area contributed by atoms with Crippen LogP contribution in [0.1, 0.15) is 13.9 Å². The van der Waals surface area contributed by atoms with E-state index in [2.05, 4.69) is 9.84 Å². The van der Waals surface area contributed by atoms with Gasteiger partial charge in [-0.2, -0.15) is 10.4 Å². The first-order chi connectivity index (χ1) is 14.8. The Kier molecular flexibility index (Phi) is 15.4. The van der Waals surface area contributed by atoms with Crippen LogP contribution in [0.5, 0.6) is 0 Å². The predicted molar refractivity (Wildman–Crippen MR) is 120 cm³/mol. The van der Waals surface area contributed by atoms with Crippen molar-refractivity contribution in [3.05, 3.63) is 88.2 Å². The van der Waals surface area contributed by atoms with Crippen molar-refractivity contribution >= 4 is 29.0 Å². The van der Waals surface area contributed by atoms with E-state index in [9.17, 15) is 8.78 Å². The Hall–Kier alpha value is -2.12. The van der Waals surface area contributed by atoms with Gasteiger partial charge in [0.15, 0.2) is 0 Å². The molecule has 0 unspecified atom stereocenters. The van der Waals surface area contributed by atoms with E-state index in [1.807, 2.05) is 6.92 Å². The van der Waals surface area contributed by atoms with Crippen LogP contribution in [-0.2, 0) is 11.3 Å². The molecule has 1 heterocycles. The predicted octanol–water partition coefficient (Wildman–Crippen LogP) is 2.36. The molecule has 6 nitrogen and oxygen atoms in total. The van der Waals surface area contributed by atoms with Crippen LogP contribution in [0.15, 0.2) is 61.0 Å². The number of aromatic nitrogens is 2. The van der Waals surface area contributed by atoms with Crippen LogP contribution in [0.4, 0.5) is 14.6 Å². The molecule has 0 radical (unpaired) electrons. The molecule has 0 bridgehead atoms. The van der Waals surface area contributed by atoms with Gasteiger partial charge in [0.1, 0.15) is 17.5 Å².